The molecule has 2 unspecified atom stereocenters. The first-order valence-corrected chi connectivity index (χ1v) is 7.70. The maximum atomic E-state index is 12.6. The van der Waals surface area contributed by atoms with E-state index in [4.69, 9.17) is 5.73 Å². The highest BCUT2D eigenvalue weighted by Gasteiger charge is 2.34. The van der Waals surface area contributed by atoms with Crippen LogP contribution in [0, 0.1) is 11.8 Å². The van der Waals surface area contributed by atoms with E-state index < -0.39 is 0 Å². The minimum atomic E-state index is 0.288. The average molecular weight is 252 g/mol. The number of nitrogens with zero attached hydrogens (tertiary/aromatic N) is 1. The fourth-order valence-corrected chi connectivity index (χ4v) is 3.78. The predicted molar refractivity (Wildman–Crippen MR) is 74.1 cm³/mol. The SMILES string of the molecule is CN(C(=O)C1CCCCCC1)C1CCCC1CN. The number of hydrogen-bond acceptors (Lipinski definition) is 2. The number of hydrogen-bond donors (Lipinski definition) is 1. The summed E-state index contributed by atoms with van der Waals surface area (Å²) in [4.78, 5) is 14.6. The van der Waals surface area contributed by atoms with E-state index in [1.54, 1.807) is 0 Å². The summed E-state index contributed by atoms with van der Waals surface area (Å²) in [7, 11) is 2.01. The molecule has 2 atom stereocenters. The fraction of sp³-hybridized carbons (Fsp3) is 0.933. The van der Waals surface area contributed by atoms with Crippen LogP contribution >= 0.6 is 0 Å². The third-order valence-electron chi connectivity index (χ3n) is 4.97. The van der Waals surface area contributed by atoms with E-state index in [0.29, 0.717) is 17.9 Å². The molecule has 1 amide bonds. The molecule has 2 aliphatic rings. The highest BCUT2D eigenvalue weighted by molar-refractivity contribution is 5.79. The molecule has 18 heavy (non-hydrogen) atoms. The Hall–Kier alpha value is -0.570. The number of carbonyl (C=O) groups excluding carboxylic acids is 1. The standard InChI is InChI=1S/C15H28N2O/c1-17(14-10-6-9-13(14)11-16)15(18)12-7-4-2-3-5-8-12/h12-14H,2-11,16H2,1H3. The Labute approximate surface area is 111 Å². The van der Waals surface area contributed by atoms with Crippen molar-refractivity contribution in [1.82, 2.24) is 4.90 Å². The smallest absolute Gasteiger partial charge is 0.225 e. The summed E-state index contributed by atoms with van der Waals surface area (Å²) >= 11 is 0. The van der Waals surface area contributed by atoms with E-state index >= 15 is 0 Å². The number of rotatable bonds is 3. The van der Waals surface area contributed by atoms with Crippen molar-refractivity contribution in [1.29, 1.82) is 0 Å². The van der Waals surface area contributed by atoms with Gasteiger partial charge in [0.05, 0.1) is 0 Å². The van der Waals surface area contributed by atoms with Crippen molar-refractivity contribution in [3.05, 3.63) is 0 Å². The van der Waals surface area contributed by atoms with Gasteiger partial charge in [-0.15, -0.1) is 0 Å². The largest absolute Gasteiger partial charge is 0.342 e. The monoisotopic (exact) mass is 252 g/mol. The molecule has 0 bridgehead atoms. The molecule has 0 aliphatic heterocycles. The van der Waals surface area contributed by atoms with E-state index in [-0.39, 0.29) is 5.92 Å². The highest BCUT2D eigenvalue weighted by Crippen LogP contribution is 2.31. The maximum absolute atomic E-state index is 12.6. The molecule has 2 fully saturated rings. The summed E-state index contributed by atoms with van der Waals surface area (Å²) in [5, 5.41) is 0. The zero-order valence-corrected chi connectivity index (χ0v) is 11.7. The lowest BCUT2D eigenvalue weighted by molar-refractivity contribution is -0.137. The lowest BCUT2D eigenvalue weighted by Gasteiger charge is -2.32. The number of amides is 1. The zero-order valence-electron chi connectivity index (χ0n) is 11.7. The molecule has 2 saturated carbocycles. The third kappa shape index (κ3) is 3.05. The zero-order chi connectivity index (χ0) is 13.0. The Balaban J connectivity index is 1.94. The van der Waals surface area contributed by atoms with E-state index in [0.717, 1.165) is 25.8 Å². The van der Waals surface area contributed by atoms with Gasteiger partial charge in [0.25, 0.3) is 0 Å². The summed E-state index contributed by atoms with van der Waals surface area (Å²) in [6.45, 7) is 0.729. The van der Waals surface area contributed by atoms with Gasteiger partial charge < -0.3 is 10.6 Å². The van der Waals surface area contributed by atoms with Crippen LogP contribution in [-0.2, 0) is 4.79 Å². The van der Waals surface area contributed by atoms with E-state index in [2.05, 4.69) is 0 Å². The number of nitrogens with two attached hydrogens (primary N) is 1. The van der Waals surface area contributed by atoms with Gasteiger partial charge in [0, 0.05) is 19.0 Å². The lowest BCUT2D eigenvalue weighted by Crippen LogP contribution is -2.44. The molecule has 0 radical (unpaired) electrons. The van der Waals surface area contributed by atoms with Crippen LogP contribution in [0.2, 0.25) is 0 Å². The molecule has 3 heteroatoms. The minimum absolute atomic E-state index is 0.288. The summed E-state index contributed by atoms with van der Waals surface area (Å²) in [6, 6.07) is 0.408. The van der Waals surface area contributed by atoms with Gasteiger partial charge in [-0.2, -0.15) is 0 Å². The second-order valence-corrected chi connectivity index (χ2v) is 6.13. The van der Waals surface area contributed by atoms with Crippen molar-refractivity contribution in [3.8, 4) is 0 Å². The first kappa shape index (κ1) is 13.9. The van der Waals surface area contributed by atoms with Crippen LogP contribution in [0.25, 0.3) is 0 Å². The Morgan fingerprint density at radius 1 is 1.06 bits per heavy atom. The topological polar surface area (TPSA) is 46.3 Å². The first-order valence-electron chi connectivity index (χ1n) is 7.70. The van der Waals surface area contributed by atoms with Gasteiger partial charge >= 0.3 is 0 Å². The van der Waals surface area contributed by atoms with Gasteiger partial charge in [0.1, 0.15) is 0 Å². The van der Waals surface area contributed by atoms with Gasteiger partial charge in [0.2, 0.25) is 5.91 Å². The second-order valence-electron chi connectivity index (χ2n) is 6.13. The predicted octanol–water partition coefficient (Wildman–Crippen LogP) is 2.54. The molecular formula is C15H28N2O. The van der Waals surface area contributed by atoms with E-state index in [9.17, 15) is 4.79 Å². The van der Waals surface area contributed by atoms with Gasteiger partial charge in [-0.3, -0.25) is 4.79 Å². The Morgan fingerprint density at radius 3 is 2.33 bits per heavy atom. The number of carbonyl (C=O) groups is 1. The third-order valence-corrected chi connectivity index (χ3v) is 4.97. The van der Waals surface area contributed by atoms with Crippen molar-refractivity contribution in [2.24, 2.45) is 17.6 Å². The Bertz CT molecular complexity index is 272. The Kier molecular flexibility index (Phi) is 5.04. The van der Waals surface area contributed by atoms with Crippen LogP contribution in [-0.4, -0.2) is 30.4 Å². The van der Waals surface area contributed by atoms with Crippen LogP contribution < -0.4 is 5.73 Å². The van der Waals surface area contributed by atoms with Crippen LogP contribution in [0.3, 0.4) is 0 Å². The molecule has 2 N–H and O–H groups in total. The molecule has 0 heterocycles. The molecule has 0 spiro atoms. The molecular weight excluding hydrogens is 224 g/mol. The maximum Gasteiger partial charge on any atom is 0.225 e. The van der Waals surface area contributed by atoms with E-state index in [1.807, 2.05) is 11.9 Å². The van der Waals surface area contributed by atoms with Gasteiger partial charge in [-0.05, 0) is 38.1 Å². The van der Waals surface area contributed by atoms with Crippen molar-refractivity contribution < 1.29 is 4.79 Å². The fourth-order valence-electron chi connectivity index (χ4n) is 3.78. The van der Waals surface area contributed by atoms with Gasteiger partial charge in [0.15, 0.2) is 0 Å². The van der Waals surface area contributed by atoms with Crippen molar-refractivity contribution in [3.63, 3.8) is 0 Å². The van der Waals surface area contributed by atoms with Gasteiger partial charge in [-0.1, -0.05) is 32.1 Å². The van der Waals surface area contributed by atoms with Crippen LogP contribution in [0.5, 0.6) is 0 Å². The summed E-state index contributed by atoms with van der Waals surface area (Å²) in [6.07, 6.45) is 10.9. The normalized spacial score (nSPS) is 30.1. The van der Waals surface area contributed by atoms with E-state index in [1.165, 1.54) is 38.5 Å². The molecule has 2 rings (SSSR count). The molecule has 0 aromatic heterocycles. The quantitative estimate of drug-likeness (QED) is 0.785. The lowest BCUT2D eigenvalue weighted by atomic mass is 9.96. The van der Waals surface area contributed by atoms with Gasteiger partial charge in [-0.25, -0.2) is 0 Å². The summed E-state index contributed by atoms with van der Waals surface area (Å²) in [5.41, 5.74) is 5.83. The Morgan fingerprint density at radius 2 is 1.72 bits per heavy atom. The molecule has 3 nitrogen and oxygen atoms in total. The minimum Gasteiger partial charge on any atom is -0.342 e. The molecule has 0 saturated heterocycles. The molecule has 104 valence electrons. The molecule has 2 aliphatic carbocycles. The van der Waals surface area contributed by atoms with Crippen molar-refractivity contribution in [2.45, 2.75) is 63.8 Å². The second kappa shape index (κ2) is 6.55. The summed E-state index contributed by atoms with van der Waals surface area (Å²) in [5.74, 6) is 1.21. The van der Waals surface area contributed by atoms with Crippen molar-refractivity contribution in [2.75, 3.05) is 13.6 Å². The van der Waals surface area contributed by atoms with Crippen LogP contribution in [0.1, 0.15) is 57.8 Å². The van der Waals surface area contributed by atoms with Crippen molar-refractivity contribution >= 4 is 5.91 Å². The van der Waals surface area contributed by atoms with Crippen LogP contribution in [0.15, 0.2) is 0 Å². The highest BCUT2D eigenvalue weighted by atomic mass is 16.2. The average Bonchev–Trinajstić information content (AvgIpc) is 2.70. The summed E-state index contributed by atoms with van der Waals surface area (Å²) < 4.78 is 0. The van der Waals surface area contributed by atoms with Crippen LogP contribution in [0.4, 0.5) is 0 Å². The first-order chi connectivity index (χ1) is 8.74. The molecule has 0 aromatic rings. The molecule has 0 aromatic carbocycles.